The van der Waals surface area contributed by atoms with E-state index in [4.69, 9.17) is 10.00 Å². The van der Waals surface area contributed by atoms with Gasteiger partial charge in [-0.25, -0.2) is 9.97 Å². The Morgan fingerprint density at radius 2 is 2.33 bits per heavy atom. The Bertz CT molecular complexity index is 483. The van der Waals surface area contributed by atoms with Crippen molar-refractivity contribution in [1.29, 1.82) is 5.26 Å². The molecule has 1 aromatic heterocycles. The number of hydrogen-bond donors (Lipinski definition) is 0. The number of hydrogen-bond acceptors (Lipinski definition) is 5. The first-order chi connectivity index (χ1) is 8.70. The van der Waals surface area contributed by atoms with E-state index >= 15 is 0 Å². The molecule has 1 aliphatic heterocycles. The van der Waals surface area contributed by atoms with Gasteiger partial charge in [0.2, 0.25) is 11.6 Å². The fraction of sp³-hybridized carbons (Fsp3) is 0.500. The lowest BCUT2D eigenvalue weighted by atomic mass is 10.1. The molecule has 6 heteroatoms. The lowest BCUT2D eigenvalue weighted by molar-refractivity contribution is -0.131. The maximum atomic E-state index is 11.3. The molecule has 0 aliphatic carbocycles. The van der Waals surface area contributed by atoms with Gasteiger partial charge in [-0.3, -0.25) is 4.79 Å². The quantitative estimate of drug-likeness (QED) is 0.768. The summed E-state index contributed by atoms with van der Waals surface area (Å²) in [6, 6.07) is 1.94. The van der Waals surface area contributed by atoms with E-state index in [2.05, 4.69) is 9.97 Å². The second-order valence-corrected chi connectivity index (χ2v) is 4.17. The molecule has 1 aliphatic rings. The average molecular weight is 246 g/mol. The summed E-state index contributed by atoms with van der Waals surface area (Å²) in [6.07, 6.45) is 4.57. The molecule has 0 spiro atoms. The van der Waals surface area contributed by atoms with Gasteiger partial charge in [-0.05, 0) is 12.8 Å². The number of aromatic nitrogens is 2. The summed E-state index contributed by atoms with van der Waals surface area (Å²) in [5, 5.41) is 8.89. The molecule has 2 heterocycles. The molecule has 2 rings (SSSR count). The second kappa shape index (κ2) is 5.45. The predicted octanol–water partition coefficient (Wildman–Crippen LogP) is 0.738. The summed E-state index contributed by atoms with van der Waals surface area (Å²) in [6.45, 7) is 2.85. The molecule has 18 heavy (non-hydrogen) atoms. The van der Waals surface area contributed by atoms with Gasteiger partial charge in [0.05, 0.1) is 6.54 Å². The highest BCUT2D eigenvalue weighted by atomic mass is 16.5. The SMILES string of the molecule is CC(=O)N1CCCC(Oc2nccnc2C#N)C1. The van der Waals surface area contributed by atoms with Gasteiger partial charge >= 0.3 is 0 Å². The molecule has 0 radical (unpaired) electrons. The Morgan fingerprint density at radius 3 is 3.06 bits per heavy atom. The Labute approximate surface area is 105 Å². The normalized spacial score (nSPS) is 19.1. The van der Waals surface area contributed by atoms with Crippen molar-refractivity contribution < 1.29 is 9.53 Å². The molecule has 94 valence electrons. The molecule has 0 N–H and O–H groups in total. The van der Waals surface area contributed by atoms with Gasteiger partial charge in [-0.15, -0.1) is 0 Å². The van der Waals surface area contributed by atoms with Gasteiger partial charge in [0.1, 0.15) is 12.2 Å². The van der Waals surface area contributed by atoms with Crippen LogP contribution in [0.5, 0.6) is 5.88 Å². The molecule has 0 saturated carbocycles. The number of carbonyl (C=O) groups is 1. The highest BCUT2D eigenvalue weighted by Crippen LogP contribution is 2.18. The second-order valence-electron chi connectivity index (χ2n) is 4.17. The summed E-state index contributed by atoms with van der Waals surface area (Å²) in [7, 11) is 0. The molecular formula is C12H14N4O2. The number of carbonyl (C=O) groups excluding carboxylic acids is 1. The van der Waals surface area contributed by atoms with Crippen LogP contribution in [-0.2, 0) is 4.79 Å². The largest absolute Gasteiger partial charge is 0.470 e. The first-order valence-corrected chi connectivity index (χ1v) is 5.84. The van der Waals surface area contributed by atoms with Crippen molar-refractivity contribution in [3.05, 3.63) is 18.1 Å². The topological polar surface area (TPSA) is 79.1 Å². The third-order valence-electron chi connectivity index (χ3n) is 2.87. The first-order valence-electron chi connectivity index (χ1n) is 5.84. The minimum absolute atomic E-state index is 0.0444. The van der Waals surface area contributed by atoms with Gasteiger partial charge in [0, 0.05) is 25.9 Å². The standard InChI is InChI=1S/C12H14N4O2/c1-9(17)16-6-2-3-10(8-16)18-12-11(7-13)14-4-5-15-12/h4-5,10H,2-3,6,8H2,1H3. The number of likely N-dealkylation sites (tertiary alicyclic amines) is 1. The Kier molecular flexibility index (Phi) is 3.72. The van der Waals surface area contributed by atoms with Crippen LogP contribution in [-0.4, -0.2) is 40.0 Å². The van der Waals surface area contributed by atoms with E-state index in [0.29, 0.717) is 6.54 Å². The van der Waals surface area contributed by atoms with Gasteiger partial charge in [0.25, 0.3) is 5.88 Å². The van der Waals surface area contributed by atoms with Gasteiger partial charge < -0.3 is 9.64 Å². The monoisotopic (exact) mass is 246 g/mol. The third-order valence-corrected chi connectivity index (χ3v) is 2.87. The maximum Gasteiger partial charge on any atom is 0.251 e. The maximum absolute atomic E-state index is 11.3. The van der Waals surface area contributed by atoms with E-state index in [1.165, 1.54) is 12.4 Å². The van der Waals surface area contributed by atoms with E-state index in [1.54, 1.807) is 11.8 Å². The van der Waals surface area contributed by atoms with Crippen molar-refractivity contribution in [3.8, 4) is 11.9 Å². The molecule has 1 aromatic rings. The molecule has 1 amide bonds. The fourth-order valence-corrected chi connectivity index (χ4v) is 1.97. The molecule has 0 aromatic carbocycles. The van der Waals surface area contributed by atoms with Crippen LogP contribution in [0.4, 0.5) is 0 Å². The lowest BCUT2D eigenvalue weighted by Crippen LogP contribution is -2.43. The number of amides is 1. The molecule has 1 atom stereocenters. The zero-order valence-electron chi connectivity index (χ0n) is 10.2. The van der Waals surface area contributed by atoms with Crippen LogP contribution in [0, 0.1) is 11.3 Å². The lowest BCUT2D eigenvalue weighted by Gasteiger charge is -2.31. The number of nitrogens with zero attached hydrogens (tertiary/aromatic N) is 4. The van der Waals surface area contributed by atoms with Crippen LogP contribution < -0.4 is 4.74 Å². The smallest absolute Gasteiger partial charge is 0.251 e. The summed E-state index contributed by atoms with van der Waals surface area (Å²) in [5.41, 5.74) is 0.178. The third kappa shape index (κ3) is 2.74. The van der Waals surface area contributed by atoms with Crippen LogP contribution in [0.1, 0.15) is 25.5 Å². The van der Waals surface area contributed by atoms with Gasteiger partial charge in [-0.1, -0.05) is 0 Å². The summed E-state index contributed by atoms with van der Waals surface area (Å²) in [5.74, 6) is 0.290. The number of piperidine rings is 1. The predicted molar refractivity (Wildman–Crippen MR) is 62.7 cm³/mol. The number of nitriles is 1. The summed E-state index contributed by atoms with van der Waals surface area (Å²) >= 11 is 0. The number of ether oxygens (including phenoxy) is 1. The van der Waals surface area contributed by atoms with Crippen molar-refractivity contribution in [3.63, 3.8) is 0 Å². The van der Waals surface area contributed by atoms with Crippen molar-refractivity contribution >= 4 is 5.91 Å². The van der Waals surface area contributed by atoms with E-state index in [-0.39, 0.29) is 23.6 Å². The molecule has 1 fully saturated rings. The van der Waals surface area contributed by atoms with Crippen LogP contribution in [0.3, 0.4) is 0 Å². The average Bonchev–Trinajstić information content (AvgIpc) is 2.39. The molecule has 1 saturated heterocycles. The van der Waals surface area contributed by atoms with Crippen molar-refractivity contribution in [2.24, 2.45) is 0 Å². The summed E-state index contributed by atoms with van der Waals surface area (Å²) < 4.78 is 5.67. The van der Waals surface area contributed by atoms with E-state index in [0.717, 1.165) is 19.4 Å². The van der Waals surface area contributed by atoms with Crippen LogP contribution in [0.2, 0.25) is 0 Å². The fourth-order valence-electron chi connectivity index (χ4n) is 1.97. The van der Waals surface area contributed by atoms with Crippen LogP contribution in [0.25, 0.3) is 0 Å². The minimum Gasteiger partial charge on any atom is -0.470 e. The molecule has 0 bridgehead atoms. The van der Waals surface area contributed by atoms with E-state index < -0.39 is 0 Å². The molecular weight excluding hydrogens is 232 g/mol. The van der Waals surface area contributed by atoms with Gasteiger partial charge in [0.15, 0.2) is 0 Å². The highest BCUT2D eigenvalue weighted by Gasteiger charge is 2.24. The first kappa shape index (κ1) is 12.3. The zero-order valence-corrected chi connectivity index (χ0v) is 10.2. The zero-order chi connectivity index (χ0) is 13.0. The van der Waals surface area contributed by atoms with Crippen molar-refractivity contribution in [1.82, 2.24) is 14.9 Å². The Balaban J connectivity index is 2.05. The van der Waals surface area contributed by atoms with Crippen LogP contribution in [0.15, 0.2) is 12.4 Å². The van der Waals surface area contributed by atoms with Crippen molar-refractivity contribution in [2.75, 3.05) is 13.1 Å². The van der Waals surface area contributed by atoms with E-state index in [9.17, 15) is 4.79 Å². The van der Waals surface area contributed by atoms with Gasteiger partial charge in [-0.2, -0.15) is 5.26 Å². The Hall–Kier alpha value is -2.16. The Morgan fingerprint density at radius 1 is 1.56 bits per heavy atom. The van der Waals surface area contributed by atoms with E-state index in [1.807, 2.05) is 6.07 Å². The highest BCUT2D eigenvalue weighted by molar-refractivity contribution is 5.73. The molecule has 1 unspecified atom stereocenters. The van der Waals surface area contributed by atoms with Crippen LogP contribution >= 0.6 is 0 Å². The van der Waals surface area contributed by atoms with Crippen molar-refractivity contribution in [2.45, 2.75) is 25.9 Å². The summed E-state index contributed by atoms with van der Waals surface area (Å²) in [4.78, 5) is 20.9. The molecule has 6 nitrogen and oxygen atoms in total. The minimum atomic E-state index is -0.119. The number of rotatable bonds is 2.